The molecule has 1 heterocycles. The summed E-state index contributed by atoms with van der Waals surface area (Å²) in [7, 11) is 0. The Kier molecular flexibility index (Phi) is 3.60. The quantitative estimate of drug-likeness (QED) is 0.829. The molecule has 1 aromatic rings. The highest BCUT2D eigenvalue weighted by Crippen LogP contribution is 2.28. The molecule has 1 aromatic carbocycles. The number of rotatable bonds is 1. The van der Waals surface area contributed by atoms with Crippen molar-refractivity contribution in [3.05, 3.63) is 29.8 Å². The van der Waals surface area contributed by atoms with Gasteiger partial charge >= 0.3 is 0 Å². The number of phenolic OH excluding ortho intramolecular Hbond substituents is 1. The van der Waals surface area contributed by atoms with Crippen LogP contribution in [0.3, 0.4) is 0 Å². The van der Waals surface area contributed by atoms with E-state index in [0.29, 0.717) is 17.4 Å². The van der Waals surface area contributed by atoms with Crippen LogP contribution >= 0.6 is 0 Å². The van der Waals surface area contributed by atoms with Gasteiger partial charge in [-0.1, -0.05) is 19.9 Å². The van der Waals surface area contributed by atoms with E-state index in [9.17, 15) is 9.90 Å². The third kappa shape index (κ3) is 2.50. The summed E-state index contributed by atoms with van der Waals surface area (Å²) in [5.41, 5.74) is 0.572. The Morgan fingerprint density at radius 1 is 1.33 bits per heavy atom. The largest absolute Gasteiger partial charge is 0.508 e. The van der Waals surface area contributed by atoms with E-state index >= 15 is 0 Å². The number of benzene rings is 1. The van der Waals surface area contributed by atoms with E-state index in [1.54, 1.807) is 24.3 Å². The minimum atomic E-state index is 0.0248. The Morgan fingerprint density at radius 2 is 2.06 bits per heavy atom. The van der Waals surface area contributed by atoms with Crippen molar-refractivity contribution >= 4 is 5.91 Å². The van der Waals surface area contributed by atoms with E-state index in [-0.39, 0.29) is 17.7 Å². The molecule has 0 bridgehead atoms. The highest BCUT2D eigenvalue weighted by Gasteiger charge is 2.32. The van der Waals surface area contributed by atoms with Gasteiger partial charge in [0.05, 0.1) is 0 Å². The normalized spacial score (nSPS) is 28.2. The van der Waals surface area contributed by atoms with Gasteiger partial charge in [0.2, 0.25) is 0 Å². The molecule has 2 rings (SSSR count). The summed E-state index contributed by atoms with van der Waals surface area (Å²) in [5, 5.41) is 9.46. The van der Waals surface area contributed by atoms with Crippen molar-refractivity contribution in [1.82, 2.24) is 4.90 Å². The molecule has 0 saturated carbocycles. The van der Waals surface area contributed by atoms with Gasteiger partial charge in [-0.3, -0.25) is 4.79 Å². The number of carbonyl (C=O) groups excluding carboxylic acids is 1. The van der Waals surface area contributed by atoms with Crippen LogP contribution in [0.15, 0.2) is 24.3 Å². The smallest absolute Gasteiger partial charge is 0.254 e. The minimum Gasteiger partial charge on any atom is -0.508 e. The van der Waals surface area contributed by atoms with Crippen LogP contribution in [-0.2, 0) is 0 Å². The van der Waals surface area contributed by atoms with Crippen LogP contribution in [0.1, 0.15) is 37.6 Å². The molecule has 1 aliphatic rings. The van der Waals surface area contributed by atoms with Crippen molar-refractivity contribution in [1.29, 1.82) is 0 Å². The van der Waals surface area contributed by atoms with Gasteiger partial charge in [0.15, 0.2) is 0 Å². The molecular formula is C15H21NO2. The first kappa shape index (κ1) is 12.9. The Morgan fingerprint density at radius 3 is 2.72 bits per heavy atom. The fraction of sp³-hybridized carbons (Fsp3) is 0.533. The lowest BCUT2D eigenvalue weighted by atomic mass is 9.85. The van der Waals surface area contributed by atoms with E-state index in [0.717, 1.165) is 6.54 Å². The van der Waals surface area contributed by atoms with Crippen LogP contribution in [0.5, 0.6) is 5.75 Å². The molecule has 1 aliphatic heterocycles. The SMILES string of the molecule is CC1CC(C)C(C)N(C(=O)c2cccc(O)c2)C1. The van der Waals surface area contributed by atoms with E-state index in [4.69, 9.17) is 0 Å². The van der Waals surface area contributed by atoms with Gasteiger partial charge in [0, 0.05) is 18.2 Å². The van der Waals surface area contributed by atoms with Gasteiger partial charge < -0.3 is 10.0 Å². The number of piperidine rings is 1. The van der Waals surface area contributed by atoms with E-state index in [2.05, 4.69) is 20.8 Å². The van der Waals surface area contributed by atoms with Crippen LogP contribution in [0, 0.1) is 11.8 Å². The molecule has 0 aliphatic carbocycles. The molecule has 1 saturated heterocycles. The predicted molar refractivity (Wildman–Crippen MR) is 71.6 cm³/mol. The standard InChI is InChI=1S/C15H21NO2/c1-10-7-11(2)12(3)16(9-10)15(18)13-5-4-6-14(17)8-13/h4-6,8,10-12,17H,7,9H2,1-3H3. The van der Waals surface area contributed by atoms with Crippen LogP contribution < -0.4 is 0 Å². The second-order valence-corrected chi connectivity index (χ2v) is 5.57. The number of phenols is 1. The first-order chi connectivity index (χ1) is 8.49. The lowest BCUT2D eigenvalue weighted by Crippen LogP contribution is -2.48. The van der Waals surface area contributed by atoms with Crippen LogP contribution in [0.25, 0.3) is 0 Å². The molecule has 1 N–H and O–H groups in total. The van der Waals surface area contributed by atoms with Gasteiger partial charge in [-0.25, -0.2) is 0 Å². The third-order valence-corrected chi connectivity index (χ3v) is 3.95. The number of aromatic hydroxyl groups is 1. The second kappa shape index (κ2) is 5.01. The Hall–Kier alpha value is -1.51. The van der Waals surface area contributed by atoms with E-state index in [1.807, 2.05) is 4.90 Å². The maximum absolute atomic E-state index is 12.5. The van der Waals surface area contributed by atoms with Gasteiger partial charge in [-0.15, -0.1) is 0 Å². The van der Waals surface area contributed by atoms with Crippen LogP contribution in [0.4, 0.5) is 0 Å². The van der Waals surface area contributed by atoms with Crippen molar-refractivity contribution < 1.29 is 9.90 Å². The molecule has 3 nitrogen and oxygen atoms in total. The van der Waals surface area contributed by atoms with Gasteiger partial charge in [-0.05, 0) is 43.4 Å². The Labute approximate surface area is 108 Å². The van der Waals surface area contributed by atoms with Crippen LogP contribution in [-0.4, -0.2) is 28.5 Å². The fourth-order valence-corrected chi connectivity index (χ4v) is 2.79. The molecule has 98 valence electrons. The lowest BCUT2D eigenvalue weighted by molar-refractivity contribution is 0.0455. The molecule has 1 fully saturated rings. The van der Waals surface area contributed by atoms with E-state index < -0.39 is 0 Å². The maximum Gasteiger partial charge on any atom is 0.254 e. The van der Waals surface area contributed by atoms with Crippen LogP contribution in [0.2, 0.25) is 0 Å². The predicted octanol–water partition coefficient (Wildman–Crippen LogP) is 2.90. The number of nitrogens with zero attached hydrogens (tertiary/aromatic N) is 1. The number of amides is 1. The molecule has 1 amide bonds. The molecule has 18 heavy (non-hydrogen) atoms. The highest BCUT2D eigenvalue weighted by atomic mass is 16.3. The highest BCUT2D eigenvalue weighted by molar-refractivity contribution is 5.94. The van der Waals surface area contributed by atoms with Gasteiger partial charge in [0.1, 0.15) is 5.75 Å². The first-order valence-corrected chi connectivity index (χ1v) is 6.59. The zero-order valence-electron chi connectivity index (χ0n) is 11.3. The summed E-state index contributed by atoms with van der Waals surface area (Å²) in [6.07, 6.45) is 1.17. The van der Waals surface area contributed by atoms with Crippen molar-refractivity contribution in [2.24, 2.45) is 11.8 Å². The second-order valence-electron chi connectivity index (χ2n) is 5.57. The first-order valence-electron chi connectivity index (χ1n) is 6.59. The average molecular weight is 247 g/mol. The monoisotopic (exact) mass is 247 g/mol. The molecule has 0 aromatic heterocycles. The average Bonchev–Trinajstić information content (AvgIpc) is 2.33. The molecule has 0 radical (unpaired) electrons. The zero-order chi connectivity index (χ0) is 13.3. The molecule has 0 spiro atoms. The van der Waals surface area contributed by atoms with E-state index in [1.165, 1.54) is 6.42 Å². The molecule has 3 atom stereocenters. The fourth-order valence-electron chi connectivity index (χ4n) is 2.79. The number of likely N-dealkylation sites (tertiary alicyclic amines) is 1. The maximum atomic E-state index is 12.5. The zero-order valence-corrected chi connectivity index (χ0v) is 11.3. The summed E-state index contributed by atoms with van der Waals surface area (Å²) < 4.78 is 0. The summed E-state index contributed by atoms with van der Waals surface area (Å²) in [6, 6.07) is 6.86. The van der Waals surface area contributed by atoms with Gasteiger partial charge in [-0.2, -0.15) is 0 Å². The number of carbonyl (C=O) groups is 1. The van der Waals surface area contributed by atoms with Crippen molar-refractivity contribution in [3.8, 4) is 5.75 Å². The van der Waals surface area contributed by atoms with Crippen molar-refractivity contribution in [2.75, 3.05) is 6.54 Å². The number of hydrogen-bond donors (Lipinski definition) is 1. The lowest BCUT2D eigenvalue weighted by Gasteiger charge is -2.41. The van der Waals surface area contributed by atoms with Crippen molar-refractivity contribution in [3.63, 3.8) is 0 Å². The summed E-state index contributed by atoms with van der Waals surface area (Å²) in [6.45, 7) is 7.30. The van der Waals surface area contributed by atoms with Gasteiger partial charge in [0.25, 0.3) is 5.91 Å². The molecule has 3 unspecified atom stereocenters. The topological polar surface area (TPSA) is 40.5 Å². The third-order valence-electron chi connectivity index (χ3n) is 3.95. The minimum absolute atomic E-state index is 0.0248. The van der Waals surface area contributed by atoms with Crippen molar-refractivity contribution in [2.45, 2.75) is 33.2 Å². The molecular weight excluding hydrogens is 226 g/mol. The summed E-state index contributed by atoms with van der Waals surface area (Å²) >= 11 is 0. The number of hydrogen-bond acceptors (Lipinski definition) is 2. The summed E-state index contributed by atoms with van der Waals surface area (Å²) in [5.74, 6) is 1.23. The molecule has 3 heteroatoms. The summed E-state index contributed by atoms with van der Waals surface area (Å²) in [4.78, 5) is 14.4. The Bertz CT molecular complexity index is 444. The Balaban J connectivity index is 2.22.